The highest BCUT2D eigenvalue weighted by Gasteiger charge is 2.16. The maximum atomic E-state index is 13.4. The van der Waals surface area contributed by atoms with E-state index in [0.717, 1.165) is 25.3 Å². The number of nitrogens with two attached hydrogens (primary N) is 1. The van der Waals surface area contributed by atoms with Gasteiger partial charge in [0.1, 0.15) is 5.78 Å². The van der Waals surface area contributed by atoms with Gasteiger partial charge in [-0.15, -0.1) is 0 Å². The number of halogens is 2. The van der Waals surface area contributed by atoms with E-state index in [2.05, 4.69) is 0 Å². The van der Waals surface area contributed by atoms with Crippen LogP contribution in [0.25, 0.3) is 0 Å². The van der Waals surface area contributed by atoms with Crippen LogP contribution in [-0.4, -0.2) is 11.8 Å². The molecule has 1 aromatic rings. The summed E-state index contributed by atoms with van der Waals surface area (Å²) in [4.78, 5) is 11.9. The van der Waals surface area contributed by atoms with Crippen LogP contribution in [0.2, 0.25) is 0 Å². The molecule has 0 bridgehead atoms. The average molecular weight is 269 g/mol. The summed E-state index contributed by atoms with van der Waals surface area (Å²) in [6.07, 6.45) is 2.42. The fourth-order valence-electron chi connectivity index (χ4n) is 1.95. The van der Waals surface area contributed by atoms with Crippen LogP contribution in [0.1, 0.15) is 38.7 Å². The van der Waals surface area contributed by atoms with Crippen molar-refractivity contribution in [2.24, 2.45) is 11.7 Å². The normalized spacial score (nSPS) is 14.2. The molecule has 0 aromatic heterocycles. The van der Waals surface area contributed by atoms with Crippen LogP contribution in [0.3, 0.4) is 0 Å². The van der Waals surface area contributed by atoms with Crippen LogP contribution in [0.4, 0.5) is 8.78 Å². The number of ketones is 1. The van der Waals surface area contributed by atoms with Crippen molar-refractivity contribution < 1.29 is 13.6 Å². The number of Topliss-reactive ketones (excluding diaryl/α,β-unsaturated/α-hetero) is 1. The van der Waals surface area contributed by atoms with E-state index in [1.165, 1.54) is 12.1 Å². The molecule has 0 aliphatic rings. The van der Waals surface area contributed by atoms with Gasteiger partial charge in [0.15, 0.2) is 11.6 Å². The van der Waals surface area contributed by atoms with E-state index in [1.54, 1.807) is 0 Å². The fraction of sp³-hybridized carbons (Fsp3) is 0.533. The summed E-state index contributed by atoms with van der Waals surface area (Å²) < 4.78 is 26.5. The number of carbonyl (C=O) groups is 1. The van der Waals surface area contributed by atoms with Crippen molar-refractivity contribution in [1.82, 2.24) is 0 Å². The molecule has 0 amide bonds. The first-order valence-electron chi connectivity index (χ1n) is 6.63. The van der Waals surface area contributed by atoms with Gasteiger partial charge in [-0.3, -0.25) is 4.79 Å². The minimum atomic E-state index is -0.918. The maximum Gasteiger partial charge on any atom is 0.162 e. The maximum absolute atomic E-state index is 13.4. The molecule has 0 aliphatic carbocycles. The lowest BCUT2D eigenvalue weighted by atomic mass is 9.94. The molecular formula is C15H21F2NO. The summed E-state index contributed by atoms with van der Waals surface area (Å²) in [5.74, 6) is -2.04. The molecule has 2 atom stereocenters. The highest BCUT2D eigenvalue weighted by atomic mass is 19.2. The van der Waals surface area contributed by atoms with Crippen LogP contribution in [0, 0.1) is 17.6 Å². The van der Waals surface area contributed by atoms with Gasteiger partial charge in [-0.25, -0.2) is 8.78 Å². The zero-order valence-corrected chi connectivity index (χ0v) is 11.5. The van der Waals surface area contributed by atoms with Crippen molar-refractivity contribution >= 4 is 5.78 Å². The monoisotopic (exact) mass is 269 g/mol. The summed E-state index contributed by atoms with van der Waals surface area (Å²) >= 11 is 0. The van der Waals surface area contributed by atoms with Gasteiger partial charge in [-0.2, -0.15) is 0 Å². The Morgan fingerprint density at radius 3 is 2.58 bits per heavy atom. The minimum absolute atomic E-state index is 0.0526. The molecule has 0 saturated heterocycles. The van der Waals surface area contributed by atoms with E-state index >= 15 is 0 Å². The standard InChI is InChI=1S/C15H21F2NO/c1-10(5-3-6-11(2)18)14(19)9-12-7-4-8-13(16)15(12)17/h4,7-8,10-11H,3,5-6,9,18H2,1-2H3. The highest BCUT2D eigenvalue weighted by molar-refractivity contribution is 5.82. The topological polar surface area (TPSA) is 43.1 Å². The number of hydrogen-bond donors (Lipinski definition) is 1. The Hall–Kier alpha value is -1.29. The lowest BCUT2D eigenvalue weighted by Crippen LogP contribution is -2.18. The molecule has 2 nitrogen and oxygen atoms in total. The molecule has 0 aliphatic heterocycles. The van der Waals surface area contributed by atoms with Crippen molar-refractivity contribution in [3.05, 3.63) is 35.4 Å². The second kappa shape index (κ2) is 7.34. The van der Waals surface area contributed by atoms with Crippen LogP contribution in [0.5, 0.6) is 0 Å². The summed E-state index contributed by atoms with van der Waals surface area (Å²) in [5.41, 5.74) is 5.77. The Labute approximate surface area is 113 Å². The Kier molecular flexibility index (Phi) is 6.09. The van der Waals surface area contributed by atoms with Crippen molar-refractivity contribution in [2.45, 2.75) is 45.6 Å². The third-order valence-corrected chi connectivity index (χ3v) is 3.24. The van der Waals surface area contributed by atoms with Gasteiger partial charge in [0.2, 0.25) is 0 Å². The quantitative estimate of drug-likeness (QED) is 0.825. The molecule has 2 unspecified atom stereocenters. The number of hydrogen-bond acceptors (Lipinski definition) is 2. The molecule has 4 heteroatoms. The molecule has 106 valence electrons. The van der Waals surface area contributed by atoms with Crippen molar-refractivity contribution in [3.8, 4) is 0 Å². The number of rotatable bonds is 7. The van der Waals surface area contributed by atoms with E-state index < -0.39 is 11.6 Å². The van der Waals surface area contributed by atoms with Crippen LogP contribution in [-0.2, 0) is 11.2 Å². The summed E-state index contributed by atoms with van der Waals surface area (Å²) in [6.45, 7) is 3.75. The third-order valence-electron chi connectivity index (χ3n) is 3.24. The van der Waals surface area contributed by atoms with Gasteiger partial charge in [0.25, 0.3) is 0 Å². The lowest BCUT2D eigenvalue weighted by molar-refractivity contribution is -0.122. The molecule has 0 saturated carbocycles. The largest absolute Gasteiger partial charge is 0.328 e. The molecule has 0 fully saturated rings. The zero-order valence-electron chi connectivity index (χ0n) is 11.5. The molecule has 0 radical (unpaired) electrons. The van der Waals surface area contributed by atoms with E-state index in [4.69, 9.17) is 5.73 Å². The Morgan fingerprint density at radius 1 is 1.26 bits per heavy atom. The Balaban J connectivity index is 2.52. The number of carbonyl (C=O) groups excluding carboxylic acids is 1. The SMILES string of the molecule is CC(N)CCCC(C)C(=O)Cc1cccc(F)c1F. The van der Waals surface area contributed by atoms with Crippen molar-refractivity contribution in [2.75, 3.05) is 0 Å². The van der Waals surface area contributed by atoms with Gasteiger partial charge in [-0.1, -0.05) is 25.5 Å². The van der Waals surface area contributed by atoms with Crippen LogP contribution >= 0.6 is 0 Å². The third kappa shape index (κ3) is 5.07. The predicted molar refractivity (Wildman–Crippen MR) is 71.7 cm³/mol. The highest BCUT2D eigenvalue weighted by Crippen LogP contribution is 2.16. The van der Waals surface area contributed by atoms with Gasteiger partial charge in [0.05, 0.1) is 0 Å². The molecule has 0 heterocycles. The molecule has 1 rings (SSSR count). The first kappa shape index (κ1) is 15.8. The smallest absolute Gasteiger partial charge is 0.162 e. The van der Waals surface area contributed by atoms with Gasteiger partial charge >= 0.3 is 0 Å². The second-order valence-electron chi connectivity index (χ2n) is 5.17. The van der Waals surface area contributed by atoms with Gasteiger partial charge in [0, 0.05) is 18.4 Å². The summed E-state index contributed by atoms with van der Waals surface area (Å²) in [5, 5.41) is 0. The van der Waals surface area contributed by atoms with Gasteiger partial charge in [-0.05, 0) is 31.4 Å². The number of benzene rings is 1. The van der Waals surface area contributed by atoms with Crippen LogP contribution < -0.4 is 5.73 Å². The van der Waals surface area contributed by atoms with E-state index in [9.17, 15) is 13.6 Å². The minimum Gasteiger partial charge on any atom is -0.328 e. The van der Waals surface area contributed by atoms with E-state index in [1.807, 2.05) is 13.8 Å². The molecule has 2 N–H and O–H groups in total. The Morgan fingerprint density at radius 2 is 1.95 bits per heavy atom. The van der Waals surface area contributed by atoms with Crippen molar-refractivity contribution in [3.63, 3.8) is 0 Å². The molecule has 19 heavy (non-hydrogen) atoms. The average Bonchev–Trinajstić information content (AvgIpc) is 2.34. The first-order valence-corrected chi connectivity index (χ1v) is 6.63. The summed E-state index contributed by atoms with van der Waals surface area (Å²) in [6, 6.07) is 4.05. The lowest BCUT2D eigenvalue weighted by Gasteiger charge is -2.12. The zero-order chi connectivity index (χ0) is 14.4. The molecule has 1 aromatic carbocycles. The molecular weight excluding hydrogens is 248 g/mol. The molecule has 0 spiro atoms. The fourth-order valence-corrected chi connectivity index (χ4v) is 1.95. The first-order chi connectivity index (χ1) is 8.91. The summed E-state index contributed by atoms with van der Waals surface area (Å²) in [7, 11) is 0. The van der Waals surface area contributed by atoms with E-state index in [-0.39, 0.29) is 29.7 Å². The van der Waals surface area contributed by atoms with E-state index in [0.29, 0.717) is 0 Å². The Bertz CT molecular complexity index is 432. The predicted octanol–water partition coefficient (Wildman–Crippen LogP) is 3.23. The van der Waals surface area contributed by atoms with Gasteiger partial charge < -0.3 is 5.73 Å². The second-order valence-corrected chi connectivity index (χ2v) is 5.17. The van der Waals surface area contributed by atoms with Crippen molar-refractivity contribution in [1.29, 1.82) is 0 Å². The van der Waals surface area contributed by atoms with Crippen LogP contribution in [0.15, 0.2) is 18.2 Å².